The number of carbonyl (C=O) groups excluding carboxylic acids is 1. The Morgan fingerprint density at radius 1 is 1.21 bits per heavy atom. The second-order valence-corrected chi connectivity index (χ2v) is 4.47. The highest BCUT2D eigenvalue weighted by Gasteiger charge is 2.11. The molecule has 100 valence electrons. The summed E-state index contributed by atoms with van der Waals surface area (Å²) in [6.07, 6.45) is 1.73. The van der Waals surface area contributed by atoms with Crippen LogP contribution in [0.25, 0.3) is 10.8 Å². The van der Waals surface area contributed by atoms with Crippen molar-refractivity contribution in [2.75, 3.05) is 6.61 Å². The zero-order chi connectivity index (χ0) is 13.8. The number of carbonyl (C=O) groups is 1. The van der Waals surface area contributed by atoms with Crippen molar-refractivity contribution in [3.05, 3.63) is 41.5 Å². The molecule has 0 fully saturated rings. The Kier molecular flexibility index (Phi) is 4.05. The van der Waals surface area contributed by atoms with Crippen molar-refractivity contribution in [2.24, 2.45) is 0 Å². The van der Waals surface area contributed by atoms with Gasteiger partial charge in [-0.25, -0.2) is 4.79 Å². The van der Waals surface area contributed by atoms with Gasteiger partial charge >= 0.3 is 5.97 Å². The lowest BCUT2D eigenvalue weighted by Crippen LogP contribution is -2.04. The van der Waals surface area contributed by atoms with E-state index in [1.807, 2.05) is 12.1 Å². The molecule has 0 saturated heterocycles. The fourth-order valence-corrected chi connectivity index (χ4v) is 2.22. The Bertz CT molecular complexity index is 602. The van der Waals surface area contributed by atoms with Crippen molar-refractivity contribution in [2.45, 2.75) is 26.7 Å². The molecule has 0 aromatic heterocycles. The number of rotatable bonds is 4. The molecule has 3 nitrogen and oxygen atoms in total. The Morgan fingerprint density at radius 3 is 2.63 bits per heavy atom. The molecule has 0 heterocycles. The van der Waals surface area contributed by atoms with E-state index in [2.05, 4.69) is 6.92 Å². The van der Waals surface area contributed by atoms with Crippen molar-refractivity contribution in [3.8, 4) is 5.75 Å². The maximum Gasteiger partial charge on any atom is 0.338 e. The highest BCUT2D eigenvalue weighted by Crippen LogP contribution is 2.29. The lowest BCUT2D eigenvalue weighted by Gasteiger charge is -2.10. The van der Waals surface area contributed by atoms with Gasteiger partial charge < -0.3 is 9.84 Å². The van der Waals surface area contributed by atoms with Gasteiger partial charge in [-0.2, -0.15) is 0 Å². The molecule has 0 aliphatic carbocycles. The van der Waals surface area contributed by atoms with Crippen LogP contribution < -0.4 is 0 Å². The third-order valence-corrected chi connectivity index (χ3v) is 3.12. The van der Waals surface area contributed by atoms with Gasteiger partial charge in [-0.3, -0.25) is 0 Å². The Labute approximate surface area is 112 Å². The van der Waals surface area contributed by atoms with Crippen LogP contribution in [0.3, 0.4) is 0 Å². The first-order chi connectivity index (χ1) is 9.17. The van der Waals surface area contributed by atoms with E-state index >= 15 is 0 Å². The molecule has 2 rings (SSSR count). The van der Waals surface area contributed by atoms with Crippen molar-refractivity contribution in [3.63, 3.8) is 0 Å². The monoisotopic (exact) mass is 258 g/mol. The number of hydrogen-bond acceptors (Lipinski definition) is 3. The molecule has 0 radical (unpaired) electrons. The zero-order valence-electron chi connectivity index (χ0n) is 11.3. The zero-order valence-corrected chi connectivity index (χ0v) is 11.3. The van der Waals surface area contributed by atoms with Gasteiger partial charge in [0.25, 0.3) is 0 Å². The minimum atomic E-state index is -0.324. The largest absolute Gasteiger partial charge is 0.508 e. The standard InChI is InChI=1S/C16H18O3/c1-3-5-13-14-10-12(16(18)19-4-2)7-6-11(14)8-9-15(13)17/h6-10,17H,3-5H2,1-2H3. The number of esters is 1. The van der Waals surface area contributed by atoms with Crippen molar-refractivity contribution in [1.82, 2.24) is 0 Å². The molecule has 0 unspecified atom stereocenters. The second-order valence-electron chi connectivity index (χ2n) is 4.47. The molecule has 0 atom stereocenters. The molecule has 2 aromatic rings. The van der Waals surface area contributed by atoms with Crippen LogP contribution in [0.1, 0.15) is 36.2 Å². The van der Waals surface area contributed by atoms with Crippen molar-refractivity contribution >= 4 is 16.7 Å². The summed E-state index contributed by atoms with van der Waals surface area (Å²) in [5, 5.41) is 11.9. The van der Waals surface area contributed by atoms with Crippen LogP contribution in [0.2, 0.25) is 0 Å². The number of phenolic OH excluding ortho intramolecular Hbond substituents is 1. The van der Waals surface area contributed by atoms with Crippen LogP contribution in [0, 0.1) is 0 Å². The first-order valence-corrected chi connectivity index (χ1v) is 6.59. The van der Waals surface area contributed by atoms with Gasteiger partial charge in [-0.05, 0) is 42.3 Å². The highest BCUT2D eigenvalue weighted by molar-refractivity contribution is 5.97. The summed E-state index contributed by atoms with van der Waals surface area (Å²) < 4.78 is 5.01. The minimum absolute atomic E-state index is 0.287. The normalized spacial score (nSPS) is 10.6. The third kappa shape index (κ3) is 2.70. The van der Waals surface area contributed by atoms with Gasteiger partial charge in [0.15, 0.2) is 0 Å². The summed E-state index contributed by atoms with van der Waals surface area (Å²) in [7, 11) is 0. The molecule has 0 aliphatic rings. The van der Waals surface area contributed by atoms with E-state index in [0.717, 1.165) is 29.2 Å². The fourth-order valence-electron chi connectivity index (χ4n) is 2.22. The average Bonchev–Trinajstić information content (AvgIpc) is 2.42. The van der Waals surface area contributed by atoms with E-state index in [-0.39, 0.29) is 11.7 Å². The smallest absolute Gasteiger partial charge is 0.338 e. The molecule has 19 heavy (non-hydrogen) atoms. The van der Waals surface area contributed by atoms with Gasteiger partial charge in [0, 0.05) is 5.56 Å². The van der Waals surface area contributed by atoms with Crippen LogP contribution in [0.4, 0.5) is 0 Å². The lowest BCUT2D eigenvalue weighted by molar-refractivity contribution is 0.0526. The van der Waals surface area contributed by atoms with Crippen LogP contribution in [-0.4, -0.2) is 17.7 Å². The van der Waals surface area contributed by atoms with E-state index in [1.165, 1.54) is 0 Å². The number of fused-ring (bicyclic) bond motifs is 1. The van der Waals surface area contributed by atoms with Gasteiger partial charge in [0.05, 0.1) is 12.2 Å². The molecule has 0 amide bonds. The lowest BCUT2D eigenvalue weighted by atomic mass is 9.98. The number of hydrogen-bond donors (Lipinski definition) is 1. The molecular weight excluding hydrogens is 240 g/mol. The first kappa shape index (κ1) is 13.4. The van der Waals surface area contributed by atoms with Gasteiger partial charge in [0.1, 0.15) is 5.75 Å². The topological polar surface area (TPSA) is 46.5 Å². The molecule has 0 spiro atoms. The van der Waals surface area contributed by atoms with Crippen molar-refractivity contribution < 1.29 is 14.6 Å². The molecular formula is C16H18O3. The maximum absolute atomic E-state index is 11.8. The van der Waals surface area contributed by atoms with Gasteiger partial charge in [0.2, 0.25) is 0 Å². The van der Waals surface area contributed by atoms with E-state index < -0.39 is 0 Å². The number of ether oxygens (including phenoxy) is 1. The predicted molar refractivity (Wildman–Crippen MR) is 75.6 cm³/mol. The molecule has 0 aliphatic heterocycles. The molecule has 0 saturated carbocycles. The van der Waals surface area contributed by atoms with Crippen LogP contribution in [0.5, 0.6) is 5.75 Å². The number of phenols is 1. The highest BCUT2D eigenvalue weighted by atomic mass is 16.5. The Hall–Kier alpha value is -2.03. The van der Waals surface area contributed by atoms with Gasteiger partial charge in [-0.1, -0.05) is 25.5 Å². The third-order valence-electron chi connectivity index (χ3n) is 3.12. The van der Waals surface area contributed by atoms with Crippen molar-refractivity contribution in [1.29, 1.82) is 0 Å². The summed E-state index contributed by atoms with van der Waals surface area (Å²) in [5.41, 5.74) is 1.42. The SMILES string of the molecule is CCCc1c(O)ccc2ccc(C(=O)OCC)cc12. The van der Waals surface area contributed by atoms with E-state index in [0.29, 0.717) is 12.2 Å². The maximum atomic E-state index is 11.8. The fraction of sp³-hybridized carbons (Fsp3) is 0.312. The molecule has 1 N–H and O–H groups in total. The average molecular weight is 258 g/mol. The van der Waals surface area contributed by atoms with Crippen LogP contribution in [-0.2, 0) is 11.2 Å². The van der Waals surface area contributed by atoms with E-state index in [1.54, 1.807) is 25.1 Å². The number of benzene rings is 2. The quantitative estimate of drug-likeness (QED) is 0.851. The summed E-state index contributed by atoms with van der Waals surface area (Å²) in [6, 6.07) is 9.02. The van der Waals surface area contributed by atoms with Crippen LogP contribution in [0.15, 0.2) is 30.3 Å². The molecule has 0 bridgehead atoms. The summed E-state index contributed by atoms with van der Waals surface area (Å²) >= 11 is 0. The number of aryl methyl sites for hydroxylation is 1. The molecule has 2 aromatic carbocycles. The Balaban J connectivity index is 2.56. The summed E-state index contributed by atoms with van der Waals surface area (Å²) in [4.78, 5) is 11.8. The molecule has 3 heteroatoms. The second kappa shape index (κ2) is 5.74. The Morgan fingerprint density at radius 2 is 1.95 bits per heavy atom. The van der Waals surface area contributed by atoms with E-state index in [4.69, 9.17) is 4.74 Å². The van der Waals surface area contributed by atoms with Gasteiger partial charge in [-0.15, -0.1) is 0 Å². The minimum Gasteiger partial charge on any atom is -0.508 e. The summed E-state index contributed by atoms with van der Waals surface area (Å²) in [5.74, 6) is -0.0365. The number of aromatic hydroxyl groups is 1. The van der Waals surface area contributed by atoms with Crippen LogP contribution >= 0.6 is 0 Å². The predicted octanol–water partition coefficient (Wildman–Crippen LogP) is 3.67. The summed E-state index contributed by atoms with van der Waals surface area (Å²) in [6.45, 7) is 4.21. The first-order valence-electron chi connectivity index (χ1n) is 6.59. The van der Waals surface area contributed by atoms with E-state index in [9.17, 15) is 9.90 Å².